The first-order valence-electron chi connectivity index (χ1n) is 6.84. The minimum absolute atomic E-state index is 0.0170. The summed E-state index contributed by atoms with van der Waals surface area (Å²) in [6, 6.07) is 3.74. The highest BCUT2D eigenvalue weighted by Gasteiger charge is 2.54. The first-order chi connectivity index (χ1) is 10.5. The molecule has 0 bridgehead atoms. The molecule has 2 aromatic heterocycles. The maximum absolute atomic E-state index is 12.6. The number of carbonyl (C=O) groups is 1. The molecule has 1 aliphatic carbocycles. The predicted molar refractivity (Wildman–Crippen MR) is 87.2 cm³/mol. The van der Waals surface area contributed by atoms with Gasteiger partial charge in [0.1, 0.15) is 5.75 Å². The van der Waals surface area contributed by atoms with E-state index in [2.05, 4.69) is 15.2 Å². The summed E-state index contributed by atoms with van der Waals surface area (Å²) in [7, 11) is 1.70. The molecule has 0 aromatic carbocycles. The number of pyridine rings is 1. The molecule has 1 atom stereocenters. The molecule has 8 heteroatoms. The Hall–Kier alpha value is -1.51. The quantitative estimate of drug-likeness (QED) is 0.777. The molecular weight excluding hydrogens is 320 g/mol. The van der Waals surface area contributed by atoms with Gasteiger partial charge in [0.15, 0.2) is 5.01 Å². The summed E-state index contributed by atoms with van der Waals surface area (Å²) in [5.74, 6) is 0.404. The van der Waals surface area contributed by atoms with Crippen LogP contribution >= 0.6 is 11.3 Å². The summed E-state index contributed by atoms with van der Waals surface area (Å²) in [6.07, 6.45) is 6.64. The van der Waals surface area contributed by atoms with Crippen LogP contribution in [0, 0.1) is 5.41 Å². The Kier molecular flexibility index (Phi) is 4.16. The molecule has 0 spiro atoms. The van der Waals surface area contributed by atoms with Gasteiger partial charge in [0, 0.05) is 25.0 Å². The molecular formula is C14H16N4O2S2. The molecule has 1 unspecified atom stereocenters. The van der Waals surface area contributed by atoms with Gasteiger partial charge in [-0.1, -0.05) is 22.5 Å². The summed E-state index contributed by atoms with van der Waals surface area (Å²) in [4.78, 5) is 18.2. The number of aromatic nitrogens is 3. The fourth-order valence-corrected chi connectivity index (χ4v) is 4.34. The third-order valence-corrected chi connectivity index (χ3v) is 5.71. The predicted octanol–water partition coefficient (Wildman–Crippen LogP) is 1.72. The van der Waals surface area contributed by atoms with Crippen molar-refractivity contribution in [2.24, 2.45) is 5.41 Å². The zero-order chi connectivity index (χ0) is 15.7. The molecule has 6 nitrogen and oxygen atoms in total. The molecule has 0 saturated heterocycles. The smallest absolute Gasteiger partial charge is 0.239 e. The van der Waals surface area contributed by atoms with Crippen LogP contribution in [-0.4, -0.2) is 44.7 Å². The monoisotopic (exact) mass is 336 g/mol. The van der Waals surface area contributed by atoms with E-state index in [0.717, 1.165) is 23.4 Å². The second kappa shape index (κ2) is 5.94. The molecule has 2 aromatic rings. The summed E-state index contributed by atoms with van der Waals surface area (Å²) in [5.41, 5.74) is 0.414. The summed E-state index contributed by atoms with van der Waals surface area (Å²) in [6.45, 7) is 0. The highest BCUT2D eigenvalue weighted by atomic mass is 32.2. The second-order valence-electron chi connectivity index (χ2n) is 5.49. The molecule has 1 aliphatic rings. The van der Waals surface area contributed by atoms with Crippen molar-refractivity contribution in [1.82, 2.24) is 15.2 Å². The van der Waals surface area contributed by atoms with Crippen LogP contribution < -0.4 is 4.90 Å². The number of hydrogen-bond acceptors (Lipinski definition) is 6. The van der Waals surface area contributed by atoms with Crippen molar-refractivity contribution in [1.29, 1.82) is 0 Å². The van der Waals surface area contributed by atoms with E-state index in [4.69, 9.17) is 0 Å². The summed E-state index contributed by atoms with van der Waals surface area (Å²) < 4.78 is 11.5. The van der Waals surface area contributed by atoms with Gasteiger partial charge in [-0.2, -0.15) is 0 Å². The number of rotatable bonds is 5. The first kappa shape index (κ1) is 15.4. The minimum Gasteiger partial charge on any atom is -0.617 e. The lowest BCUT2D eigenvalue weighted by Crippen LogP contribution is -2.37. The van der Waals surface area contributed by atoms with Gasteiger partial charge in [-0.25, -0.2) is 0 Å². The van der Waals surface area contributed by atoms with Crippen LogP contribution in [0.3, 0.4) is 0 Å². The molecule has 0 N–H and O–H groups in total. The Morgan fingerprint density at radius 1 is 1.50 bits per heavy atom. The fraction of sp³-hybridized carbons (Fsp3) is 0.429. The molecule has 2 heterocycles. The number of nitrogens with zero attached hydrogens (tertiary/aromatic N) is 4. The van der Waals surface area contributed by atoms with E-state index in [1.165, 1.54) is 16.2 Å². The van der Waals surface area contributed by atoms with Gasteiger partial charge in [0.2, 0.25) is 11.0 Å². The Morgan fingerprint density at radius 2 is 2.27 bits per heavy atom. The molecule has 0 radical (unpaired) electrons. The van der Waals surface area contributed by atoms with Gasteiger partial charge >= 0.3 is 0 Å². The lowest BCUT2D eigenvalue weighted by atomic mass is 10.1. The second-order valence-corrected chi connectivity index (χ2v) is 7.88. The molecule has 3 rings (SSSR count). The maximum atomic E-state index is 12.6. The molecule has 1 amide bonds. The maximum Gasteiger partial charge on any atom is 0.239 e. The van der Waals surface area contributed by atoms with Crippen LogP contribution in [0.4, 0.5) is 5.13 Å². The largest absolute Gasteiger partial charge is 0.617 e. The summed E-state index contributed by atoms with van der Waals surface area (Å²) >= 11 is 0.373. The van der Waals surface area contributed by atoms with E-state index in [9.17, 15) is 9.35 Å². The first-order valence-corrected chi connectivity index (χ1v) is 9.38. The lowest BCUT2D eigenvalue weighted by Gasteiger charge is -2.20. The van der Waals surface area contributed by atoms with Crippen molar-refractivity contribution in [2.45, 2.75) is 12.8 Å². The van der Waals surface area contributed by atoms with Crippen molar-refractivity contribution in [3.05, 3.63) is 24.5 Å². The standard InChI is InChI=1S/C14H16N4O2S2/c1-18(12(19)14(5-6-14)9-22(2)20)13-17-16-11(21-13)10-4-3-7-15-8-10/h3-4,7-8H,5-6,9H2,1-2H3. The van der Waals surface area contributed by atoms with Crippen molar-refractivity contribution in [2.75, 3.05) is 24.0 Å². The molecule has 1 fully saturated rings. The molecule has 1 saturated carbocycles. The van der Waals surface area contributed by atoms with Crippen molar-refractivity contribution >= 4 is 33.6 Å². The van der Waals surface area contributed by atoms with Crippen LogP contribution in [0.2, 0.25) is 0 Å². The number of amides is 1. The van der Waals surface area contributed by atoms with Crippen LogP contribution in [0.25, 0.3) is 10.6 Å². The van der Waals surface area contributed by atoms with Crippen LogP contribution in [-0.2, 0) is 16.0 Å². The molecule has 0 aliphatic heterocycles. The van der Waals surface area contributed by atoms with Crippen molar-refractivity contribution < 1.29 is 9.35 Å². The Labute approximate surface area is 135 Å². The molecule has 116 valence electrons. The van der Waals surface area contributed by atoms with Gasteiger partial charge in [0.25, 0.3) is 0 Å². The van der Waals surface area contributed by atoms with Gasteiger partial charge < -0.3 is 4.55 Å². The van der Waals surface area contributed by atoms with E-state index < -0.39 is 16.6 Å². The number of carbonyl (C=O) groups excluding carboxylic acids is 1. The summed E-state index contributed by atoms with van der Waals surface area (Å²) in [5, 5.41) is 9.51. The SMILES string of the molecule is CN(C(=O)C1(C[S+](C)[O-])CC1)c1nnc(-c2cccnc2)s1. The van der Waals surface area contributed by atoms with Gasteiger partial charge in [-0.3, -0.25) is 14.7 Å². The van der Waals surface area contributed by atoms with Gasteiger partial charge in [-0.15, -0.1) is 10.2 Å². The average Bonchev–Trinajstić information content (AvgIpc) is 3.12. The highest BCUT2D eigenvalue weighted by Crippen LogP contribution is 2.48. The van der Waals surface area contributed by atoms with E-state index in [1.807, 2.05) is 12.1 Å². The van der Waals surface area contributed by atoms with Crippen molar-refractivity contribution in [3.63, 3.8) is 0 Å². The Bertz CT molecular complexity index is 670. The number of hydrogen-bond donors (Lipinski definition) is 0. The fourth-order valence-electron chi connectivity index (χ4n) is 2.36. The Morgan fingerprint density at radius 3 is 2.86 bits per heavy atom. The van der Waals surface area contributed by atoms with Crippen LogP contribution in [0.1, 0.15) is 12.8 Å². The van der Waals surface area contributed by atoms with Crippen molar-refractivity contribution in [3.8, 4) is 10.6 Å². The minimum atomic E-state index is -0.979. The van der Waals surface area contributed by atoms with Gasteiger partial charge in [-0.05, 0) is 25.0 Å². The average molecular weight is 336 g/mol. The normalized spacial score (nSPS) is 17.0. The third kappa shape index (κ3) is 2.99. The zero-order valence-corrected chi connectivity index (χ0v) is 14.0. The van der Waals surface area contributed by atoms with Gasteiger partial charge in [0.05, 0.1) is 11.7 Å². The third-order valence-electron chi connectivity index (χ3n) is 3.70. The lowest BCUT2D eigenvalue weighted by molar-refractivity contribution is -0.122. The van der Waals surface area contributed by atoms with E-state index in [1.54, 1.807) is 25.7 Å². The number of anilines is 1. The van der Waals surface area contributed by atoms with E-state index in [0.29, 0.717) is 10.9 Å². The Balaban J connectivity index is 1.77. The van der Waals surface area contributed by atoms with Crippen LogP contribution in [0.15, 0.2) is 24.5 Å². The van der Waals surface area contributed by atoms with E-state index >= 15 is 0 Å². The molecule has 22 heavy (non-hydrogen) atoms. The highest BCUT2D eigenvalue weighted by molar-refractivity contribution is 7.90. The topological polar surface area (TPSA) is 82.0 Å². The zero-order valence-electron chi connectivity index (χ0n) is 12.4. The van der Waals surface area contributed by atoms with Crippen LogP contribution in [0.5, 0.6) is 0 Å². The van der Waals surface area contributed by atoms with E-state index in [-0.39, 0.29) is 5.91 Å².